The molecule has 1 aliphatic rings. The summed E-state index contributed by atoms with van der Waals surface area (Å²) in [7, 11) is -1.96. The number of piperidine rings is 1. The highest BCUT2D eigenvalue weighted by Gasteiger charge is 2.32. The number of sulfonamides is 1. The third-order valence-electron chi connectivity index (χ3n) is 6.15. The lowest BCUT2D eigenvalue weighted by molar-refractivity contribution is -0.126. The van der Waals surface area contributed by atoms with Crippen LogP contribution in [0.15, 0.2) is 36.4 Å². The molecular weight excluding hydrogens is 483 g/mol. The van der Waals surface area contributed by atoms with E-state index in [1.807, 2.05) is 32.0 Å². The van der Waals surface area contributed by atoms with Crippen molar-refractivity contribution in [2.75, 3.05) is 20.2 Å². The van der Waals surface area contributed by atoms with E-state index in [0.717, 1.165) is 23.3 Å². The van der Waals surface area contributed by atoms with Crippen molar-refractivity contribution < 1.29 is 17.9 Å². The summed E-state index contributed by atoms with van der Waals surface area (Å²) in [5, 5.41) is 3.81. The molecule has 0 aromatic heterocycles. The largest absolute Gasteiger partial charge is 0.496 e. The zero-order valence-corrected chi connectivity index (χ0v) is 21.4. The Balaban J connectivity index is 1.60. The molecule has 1 atom stereocenters. The Morgan fingerprint density at radius 3 is 2.36 bits per heavy atom. The van der Waals surface area contributed by atoms with Gasteiger partial charge in [-0.05, 0) is 55.5 Å². The van der Waals surface area contributed by atoms with Gasteiger partial charge in [0, 0.05) is 34.6 Å². The highest BCUT2D eigenvalue weighted by Crippen LogP contribution is 2.30. The maximum absolute atomic E-state index is 12.9. The van der Waals surface area contributed by atoms with Gasteiger partial charge in [0.05, 0.1) is 18.9 Å². The fourth-order valence-corrected chi connectivity index (χ4v) is 6.48. The van der Waals surface area contributed by atoms with E-state index in [1.165, 1.54) is 4.31 Å². The Morgan fingerprint density at radius 1 is 1.18 bits per heavy atom. The standard InChI is InChI=1S/C24H30Cl2N2O4S/c1-4-22(18-8-9-23(32-3)16(2)14-18)27-24(29)17-10-12-28(13-11-17)33(30,31)15-19-20(25)6-5-7-21(19)26/h5-9,14,17,22H,4,10-13,15H2,1-3H3,(H,27,29). The molecule has 2 aromatic carbocycles. The quantitative estimate of drug-likeness (QED) is 0.532. The molecule has 3 rings (SSSR count). The zero-order valence-electron chi connectivity index (χ0n) is 19.1. The number of methoxy groups -OCH3 is 1. The van der Waals surface area contributed by atoms with Crippen LogP contribution in [0.25, 0.3) is 0 Å². The molecule has 1 amide bonds. The minimum atomic E-state index is -3.59. The molecule has 2 aromatic rings. The fraction of sp³-hybridized carbons (Fsp3) is 0.458. The second kappa shape index (κ2) is 11.1. The third kappa shape index (κ3) is 6.21. The van der Waals surface area contributed by atoms with Gasteiger partial charge in [-0.1, -0.05) is 48.3 Å². The van der Waals surface area contributed by atoms with Crippen molar-refractivity contribution in [3.63, 3.8) is 0 Å². The molecule has 33 heavy (non-hydrogen) atoms. The first-order valence-electron chi connectivity index (χ1n) is 11.0. The van der Waals surface area contributed by atoms with E-state index < -0.39 is 10.0 Å². The van der Waals surface area contributed by atoms with Crippen LogP contribution in [0.2, 0.25) is 10.0 Å². The summed E-state index contributed by atoms with van der Waals surface area (Å²) in [4.78, 5) is 12.9. The van der Waals surface area contributed by atoms with E-state index in [4.69, 9.17) is 27.9 Å². The van der Waals surface area contributed by atoms with Crippen molar-refractivity contribution in [2.24, 2.45) is 5.92 Å². The lowest BCUT2D eigenvalue weighted by Gasteiger charge is -2.31. The van der Waals surface area contributed by atoms with Gasteiger partial charge in [0.25, 0.3) is 0 Å². The number of amides is 1. The number of ether oxygens (including phenoxy) is 1. The second-order valence-corrected chi connectivity index (χ2v) is 11.1. The highest BCUT2D eigenvalue weighted by atomic mass is 35.5. The molecule has 1 fully saturated rings. The summed E-state index contributed by atoms with van der Waals surface area (Å²) in [6.45, 7) is 4.59. The molecular formula is C24H30Cl2N2O4S. The SMILES string of the molecule is CCC(NC(=O)C1CCN(S(=O)(=O)Cc2c(Cl)cccc2Cl)CC1)c1ccc(OC)c(C)c1. The summed E-state index contributed by atoms with van der Waals surface area (Å²) in [5.74, 6) is 0.291. The molecule has 1 unspecified atom stereocenters. The first-order chi connectivity index (χ1) is 15.7. The van der Waals surface area contributed by atoms with Crippen LogP contribution in [-0.4, -0.2) is 38.8 Å². The van der Waals surface area contributed by atoms with Crippen molar-refractivity contribution >= 4 is 39.1 Å². The molecule has 1 N–H and O–H groups in total. The van der Waals surface area contributed by atoms with Crippen molar-refractivity contribution in [3.05, 3.63) is 63.1 Å². The van der Waals surface area contributed by atoms with Gasteiger partial charge in [-0.15, -0.1) is 0 Å². The van der Waals surface area contributed by atoms with Gasteiger partial charge in [-0.3, -0.25) is 4.79 Å². The summed E-state index contributed by atoms with van der Waals surface area (Å²) in [5.41, 5.74) is 2.45. The van der Waals surface area contributed by atoms with Gasteiger partial charge in [0.2, 0.25) is 15.9 Å². The minimum absolute atomic E-state index is 0.0403. The molecule has 1 heterocycles. The van der Waals surface area contributed by atoms with Crippen LogP contribution in [0.4, 0.5) is 0 Å². The molecule has 1 saturated heterocycles. The van der Waals surface area contributed by atoms with E-state index in [9.17, 15) is 13.2 Å². The molecule has 180 valence electrons. The Labute approximate surface area is 206 Å². The van der Waals surface area contributed by atoms with Gasteiger partial charge in [0.1, 0.15) is 5.75 Å². The van der Waals surface area contributed by atoms with Crippen LogP contribution < -0.4 is 10.1 Å². The van der Waals surface area contributed by atoms with Crippen LogP contribution in [0.3, 0.4) is 0 Å². The van der Waals surface area contributed by atoms with Crippen molar-refractivity contribution in [1.29, 1.82) is 0 Å². The van der Waals surface area contributed by atoms with E-state index >= 15 is 0 Å². The number of rotatable bonds is 8. The van der Waals surface area contributed by atoms with Crippen LogP contribution in [0.5, 0.6) is 5.75 Å². The lowest BCUT2D eigenvalue weighted by atomic mass is 9.95. The predicted molar refractivity (Wildman–Crippen MR) is 132 cm³/mol. The van der Waals surface area contributed by atoms with Crippen molar-refractivity contribution in [1.82, 2.24) is 9.62 Å². The molecule has 9 heteroatoms. The van der Waals surface area contributed by atoms with Crippen LogP contribution in [0, 0.1) is 12.8 Å². The number of nitrogens with one attached hydrogen (secondary N) is 1. The summed E-state index contributed by atoms with van der Waals surface area (Å²) in [6, 6.07) is 10.7. The number of carbonyl (C=O) groups excluding carboxylic acids is 1. The monoisotopic (exact) mass is 512 g/mol. The summed E-state index contributed by atoms with van der Waals surface area (Å²) in [6.07, 6.45) is 1.70. The van der Waals surface area contributed by atoms with Crippen molar-refractivity contribution in [3.8, 4) is 5.75 Å². The molecule has 0 bridgehead atoms. The van der Waals surface area contributed by atoms with Crippen LogP contribution in [-0.2, 0) is 20.6 Å². The number of hydrogen-bond acceptors (Lipinski definition) is 4. The normalized spacial score (nSPS) is 16.4. The lowest BCUT2D eigenvalue weighted by Crippen LogP contribution is -2.44. The van der Waals surface area contributed by atoms with E-state index in [0.29, 0.717) is 41.5 Å². The number of carbonyl (C=O) groups is 1. The minimum Gasteiger partial charge on any atom is -0.496 e. The smallest absolute Gasteiger partial charge is 0.223 e. The van der Waals surface area contributed by atoms with Crippen LogP contribution >= 0.6 is 23.2 Å². The first kappa shape index (κ1) is 25.8. The Kier molecular flexibility index (Phi) is 8.67. The number of hydrogen-bond donors (Lipinski definition) is 1. The van der Waals surface area contributed by atoms with E-state index in [2.05, 4.69) is 5.32 Å². The third-order valence-corrected chi connectivity index (χ3v) is 8.67. The Bertz CT molecular complexity index is 1080. The molecule has 1 aliphatic heterocycles. The average molecular weight is 513 g/mol. The number of benzene rings is 2. The fourth-order valence-electron chi connectivity index (χ4n) is 4.17. The maximum atomic E-state index is 12.9. The van der Waals surface area contributed by atoms with Crippen molar-refractivity contribution in [2.45, 2.75) is 44.9 Å². The number of aryl methyl sites for hydroxylation is 1. The molecule has 0 radical (unpaired) electrons. The molecule has 0 spiro atoms. The first-order valence-corrected chi connectivity index (χ1v) is 13.4. The van der Waals surface area contributed by atoms with Gasteiger partial charge >= 0.3 is 0 Å². The van der Waals surface area contributed by atoms with E-state index in [1.54, 1.807) is 25.3 Å². The molecule has 0 saturated carbocycles. The molecule has 6 nitrogen and oxygen atoms in total. The number of halogens is 2. The van der Waals surface area contributed by atoms with Crippen LogP contribution in [0.1, 0.15) is 48.9 Å². The van der Waals surface area contributed by atoms with E-state index in [-0.39, 0.29) is 23.6 Å². The topological polar surface area (TPSA) is 75.7 Å². The Morgan fingerprint density at radius 2 is 1.82 bits per heavy atom. The maximum Gasteiger partial charge on any atom is 0.223 e. The number of nitrogens with zero attached hydrogens (tertiary/aromatic N) is 1. The van der Waals surface area contributed by atoms with Gasteiger partial charge < -0.3 is 10.1 Å². The second-order valence-electron chi connectivity index (χ2n) is 8.33. The zero-order chi connectivity index (χ0) is 24.2. The highest BCUT2D eigenvalue weighted by molar-refractivity contribution is 7.88. The molecule has 0 aliphatic carbocycles. The Hall–Kier alpha value is -1.80. The summed E-state index contributed by atoms with van der Waals surface area (Å²) < 4.78 is 32.6. The van der Waals surface area contributed by atoms with Gasteiger partial charge in [-0.2, -0.15) is 0 Å². The van der Waals surface area contributed by atoms with Gasteiger partial charge in [0.15, 0.2) is 0 Å². The predicted octanol–water partition coefficient (Wildman–Crippen LogP) is 5.12. The summed E-state index contributed by atoms with van der Waals surface area (Å²) >= 11 is 12.3. The van der Waals surface area contributed by atoms with Gasteiger partial charge in [-0.25, -0.2) is 12.7 Å². The average Bonchev–Trinajstić information content (AvgIpc) is 2.80.